The van der Waals surface area contributed by atoms with Crippen molar-refractivity contribution in [1.82, 2.24) is 4.90 Å². The molecule has 0 amide bonds. The second-order valence-electron chi connectivity index (χ2n) is 4.01. The average Bonchev–Trinajstić information content (AvgIpc) is 2.19. The molecule has 2 aliphatic heterocycles. The molecule has 2 fully saturated rings. The lowest BCUT2D eigenvalue weighted by atomic mass is 10.0. The van der Waals surface area contributed by atoms with Crippen LogP contribution in [0.3, 0.4) is 0 Å². The highest BCUT2D eigenvalue weighted by atomic mass is 16.5. The average molecular weight is 185 g/mol. The van der Waals surface area contributed by atoms with E-state index in [0.717, 1.165) is 39.0 Å². The molecule has 2 heterocycles. The normalized spacial score (nSPS) is 37.6. The molecule has 0 N–H and O–H groups in total. The van der Waals surface area contributed by atoms with Gasteiger partial charge in [0.15, 0.2) is 0 Å². The Hall–Kier alpha value is -0.120. The maximum absolute atomic E-state index is 5.54. The number of morpholine rings is 1. The summed E-state index contributed by atoms with van der Waals surface area (Å²) in [7, 11) is 0. The molecule has 13 heavy (non-hydrogen) atoms. The zero-order valence-electron chi connectivity index (χ0n) is 8.37. The number of hydrogen-bond donors (Lipinski definition) is 0. The summed E-state index contributed by atoms with van der Waals surface area (Å²) in [5.41, 5.74) is 0. The van der Waals surface area contributed by atoms with Gasteiger partial charge < -0.3 is 9.47 Å². The van der Waals surface area contributed by atoms with Gasteiger partial charge in [0, 0.05) is 25.7 Å². The van der Waals surface area contributed by atoms with Crippen LogP contribution in [0.25, 0.3) is 0 Å². The maximum atomic E-state index is 5.54. The number of hydrogen-bond acceptors (Lipinski definition) is 3. The van der Waals surface area contributed by atoms with Gasteiger partial charge in [-0.2, -0.15) is 0 Å². The fraction of sp³-hybridized carbons (Fsp3) is 1.00. The Morgan fingerprint density at radius 2 is 1.92 bits per heavy atom. The first-order valence-corrected chi connectivity index (χ1v) is 5.29. The molecule has 2 saturated heterocycles. The Labute approximate surface area is 80.0 Å². The van der Waals surface area contributed by atoms with Crippen LogP contribution < -0.4 is 0 Å². The van der Waals surface area contributed by atoms with Gasteiger partial charge in [-0.25, -0.2) is 0 Å². The standard InChI is InChI=1S/C10H19NO2/c1-9-8-10(2-5-13-9)11-3-6-12-7-4-11/h9-10H,2-8H2,1H3. The summed E-state index contributed by atoms with van der Waals surface area (Å²) in [6, 6.07) is 0.743. The van der Waals surface area contributed by atoms with E-state index in [0.29, 0.717) is 6.10 Å². The van der Waals surface area contributed by atoms with E-state index in [1.54, 1.807) is 0 Å². The number of nitrogens with zero attached hydrogens (tertiary/aromatic N) is 1. The largest absolute Gasteiger partial charge is 0.379 e. The molecule has 0 aromatic heterocycles. The molecule has 2 aliphatic rings. The van der Waals surface area contributed by atoms with Gasteiger partial charge in [0.2, 0.25) is 0 Å². The van der Waals surface area contributed by atoms with Crippen molar-refractivity contribution < 1.29 is 9.47 Å². The number of ether oxygens (including phenoxy) is 2. The molecule has 2 unspecified atom stereocenters. The fourth-order valence-electron chi connectivity index (χ4n) is 2.25. The summed E-state index contributed by atoms with van der Waals surface area (Å²) in [5, 5.41) is 0. The molecule has 2 rings (SSSR count). The van der Waals surface area contributed by atoms with E-state index >= 15 is 0 Å². The van der Waals surface area contributed by atoms with Gasteiger partial charge in [0.05, 0.1) is 19.3 Å². The van der Waals surface area contributed by atoms with Crippen molar-refractivity contribution in [2.45, 2.75) is 31.9 Å². The molecule has 0 spiro atoms. The summed E-state index contributed by atoms with van der Waals surface area (Å²) in [6.07, 6.45) is 2.84. The molecule has 0 bridgehead atoms. The van der Waals surface area contributed by atoms with E-state index in [1.807, 2.05) is 0 Å². The third-order valence-corrected chi connectivity index (χ3v) is 3.02. The summed E-state index contributed by atoms with van der Waals surface area (Å²) in [4.78, 5) is 2.56. The second-order valence-corrected chi connectivity index (χ2v) is 4.01. The Kier molecular flexibility index (Phi) is 3.19. The van der Waals surface area contributed by atoms with E-state index in [9.17, 15) is 0 Å². The topological polar surface area (TPSA) is 21.7 Å². The Morgan fingerprint density at radius 3 is 2.62 bits per heavy atom. The van der Waals surface area contributed by atoms with Crippen LogP contribution in [0.4, 0.5) is 0 Å². The maximum Gasteiger partial charge on any atom is 0.0594 e. The zero-order chi connectivity index (χ0) is 9.10. The van der Waals surface area contributed by atoms with Crippen LogP contribution in [-0.2, 0) is 9.47 Å². The quantitative estimate of drug-likeness (QED) is 0.605. The Balaban J connectivity index is 1.83. The summed E-state index contributed by atoms with van der Waals surface area (Å²) >= 11 is 0. The third-order valence-electron chi connectivity index (χ3n) is 3.02. The summed E-state index contributed by atoms with van der Waals surface area (Å²) in [5.74, 6) is 0. The van der Waals surface area contributed by atoms with E-state index < -0.39 is 0 Å². The van der Waals surface area contributed by atoms with Crippen molar-refractivity contribution in [3.8, 4) is 0 Å². The molecule has 3 heteroatoms. The predicted molar refractivity (Wildman–Crippen MR) is 50.8 cm³/mol. The first-order valence-electron chi connectivity index (χ1n) is 5.29. The van der Waals surface area contributed by atoms with Crippen LogP contribution in [0, 0.1) is 0 Å². The summed E-state index contributed by atoms with van der Waals surface area (Å²) < 4.78 is 10.9. The van der Waals surface area contributed by atoms with E-state index in [4.69, 9.17) is 9.47 Å². The highest BCUT2D eigenvalue weighted by Gasteiger charge is 2.25. The highest BCUT2D eigenvalue weighted by Crippen LogP contribution is 2.19. The molecule has 0 aromatic carbocycles. The summed E-state index contributed by atoms with van der Waals surface area (Å²) in [6.45, 7) is 7.14. The number of rotatable bonds is 1. The highest BCUT2D eigenvalue weighted by molar-refractivity contribution is 4.79. The van der Waals surface area contributed by atoms with Gasteiger partial charge in [0.1, 0.15) is 0 Å². The lowest BCUT2D eigenvalue weighted by Crippen LogP contribution is -2.47. The van der Waals surface area contributed by atoms with Crippen molar-refractivity contribution >= 4 is 0 Å². The minimum atomic E-state index is 0.446. The Bertz CT molecular complexity index is 157. The van der Waals surface area contributed by atoms with Crippen LogP contribution in [-0.4, -0.2) is 50.0 Å². The van der Waals surface area contributed by atoms with Gasteiger partial charge in [-0.05, 0) is 19.8 Å². The SMILES string of the molecule is CC1CC(N2CCOCC2)CCO1. The lowest BCUT2D eigenvalue weighted by Gasteiger charge is -2.38. The molecule has 0 radical (unpaired) electrons. The molecule has 0 aliphatic carbocycles. The molecule has 0 saturated carbocycles. The molecule has 76 valence electrons. The minimum Gasteiger partial charge on any atom is -0.379 e. The smallest absolute Gasteiger partial charge is 0.0594 e. The fourth-order valence-corrected chi connectivity index (χ4v) is 2.25. The van der Waals surface area contributed by atoms with Gasteiger partial charge in [-0.15, -0.1) is 0 Å². The van der Waals surface area contributed by atoms with E-state index in [2.05, 4.69) is 11.8 Å². The van der Waals surface area contributed by atoms with E-state index in [-0.39, 0.29) is 0 Å². The van der Waals surface area contributed by atoms with Gasteiger partial charge in [-0.3, -0.25) is 4.90 Å². The van der Waals surface area contributed by atoms with Crippen LogP contribution in [0.1, 0.15) is 19.8 Å². The van der Waals surface area contributed by atoms with Crippen LogP contribution in [0.15, 0.2) is 0 Å². The molecular formula is C10H19NO2. The molecular weight excluding hydrogens is 166 g/mol. The van der Waals surface area contributed by atoms with Crippen molar-refractivity contribution in [2.75, 3.05) is 32.9 Å². The van der Waals surface area contributed by atoms with Crippen molar-refractivity contribution in [3.63, 3.8) is 0 Å². The Morgan fingerprint density at radius 1 is 1.15 bits per heavy atom. The second kappa shape index (κ2) is 4.40. The molecule has 2 atom stereocenters. The van der Waals surface area contributed by atoms with Gasteiger partial charge in [0.25, 0.3) is 0 Å². The van der Waals surface area contributed by atoms with Crippen LogP contribution in [0.5, 0.6) is 0 Å². The molecule has 3 nitrogen and oxygen atoms in total. The van der Waals surface area contributed by atoms with Gasteiger partial charge >= 0.3 is 0 Å². The predicted octanol–water partition coefficient (Wildman–Crippen LogP) is 0.886. The monoisotopic (exact) mass is 185 g/mol. The minimum absolute atomic E-state index is 0.446. The van der Waals surface area contributed by atoms with E-state index in [1.165, 1.54) is 12.8 Å². The molecule has 0 aromatic rings. The zero-order valence-corrected chi connectivity index (χ0v) is 8.37. The van der Waals surface area contributed by atoms with Crippen molar-refractivity contribution in [1.29, 1.82) is 0 Å². The first-order chi connectivity index (χ1) is 6.36. The lowest BCUT2D eigenvalue weighted by molar-refractivity contribution is -0.0465. The van der Waals surface area contributed by atoms with Crippen molar-refractivity contribution in [2.24, 2.45) is 0 Å². The van der Waals surface area contributed by atoms with Crippen molar-refractivity contribution in [3.05, 3.63) is 0 Å². The first kappa shape index (κ1) is 9.44. The van der Waals surface area contributed by atoms with Gasteiger partial charge in [-0.1, -0.05) is 0 Å². The van der Waals surface area contributed by atoms with Crippen LogP contribution >= 0.6 is 0 Å². The third kappa shape index (κ3) is 2.42. The van der Waals surface area contributed by atoms with Crippen LogP contribution in [0.2, 0.25) is 0 Å².